The van der Waals surface area contributed by atoms with Gasteiger partial charge in [-0.15, -0.1) is 0 Å². The zero-order valence-corrected chi connectivity index (χ0v) is 18.6. The molecule has 1 aromatic heterocycles. The van der Waals surface area contributed by atoms with Crippen LogP contribution in [0.25, 0.3) is 0 Å². The van der Waals surface area contributed by atoms with E-state index < -0.39 is 83.0 Å². The molecule has 0 aliphatic carbocycles. The minimum atomic E-state index is -5.63. The van der Waals surface area contributed by atoms with Crippen molar-refractivity contribution >= 4 is 21.9 Å². The van der Waals surface area contributed by atoms with Gasteiger partial charge in [-0.25, -0.2) is 13.9 Å². The topological polar surface area (TPSA) is 285 Å². The first-order valence-electron chi connectivity index (χ1n) is 9.16. The summed E-state index contributed by atoms with van der Waals surface area (Å²) in [6.07, 6.45) is -12.6. The van der Waals surface area contributed by atoms with E-state index in [9.17, 15) is 43.9 Å². The molecule has 2 heterocycles. The molecule has 8 N–H and O–H groups in total. The minimum Gasteiger partial charge on any atom is -0.394 e. The van der Waals surface area contributed by atoms with Gasteiger partial charge < -0.3 is 44.9 Å². The Hall–Kier alpha value is -1.63. The van der Waals surface area contributed by atoms with Crippen LogP contribution in [0.3, 0.4) is 0 Å². The molecule has 20 heteroatoms. The molecule has 0 saturated carbocycles. The molecule has 0 spiro atoms. The first-order chi connectivity index (χ1) is 15.7. The van der Waals surface area contributed by atoms with Crippen LogP contribution in [-0.2, 0) is 32.0 Å². The first kappa shape index (κ1) is 28.6. The van der Waals surface area contributed by atoms with Gasteiger partial charge in [-0.3, -0.25) is 23.4 Å². The summed E-state index contributed by atoms with van der Waals surface area (Å²) in [7, 11) is -11.1. The molecule has 1 aliphatic heterocycles. The number of ether oxygens (including phenoxy) is 1. The molecule has 2 rings (SSSR count). The third kappa shape index (κ3) is 7.19. The zero-order valence-electron chi connectivity index (χ0n) is 16.8. The molecule has 1 saturated heterocycles. The van der Waals surface area contributed by atoms with E-state index in [0.29, 0.717) is 4.57 Å². The summed E-state index contributed by atoms with van der Waals surface area (Å²) in [5, 5.41) is 48.3. The van der Waals surface area contributed by atoms with E-state index in [-0.39, 0.29) is 6.29 Å². The van der Waals surface area contributed by atoms with Gasteiger partial charge in [0.15, 0.2) is 18.6 Å². The molecule has 194 valence electrons. The number of carbonyl (C=O) groups excluding carboxylic acids is 1. The lowest BCUT2D eigenvalue weighted by Crippen LogP contribution is -2.41. The van der Waals surface area contributed by atoms with E-state index in [4.69, 9.17) is 24.2 Å². The van der Waals surface area contributed by atoms with Crippen LogP contribution in [0.1, 0.15) is 6.23 Å². The number of aldehydes is 1. The normalized spacial score (nSPS) is 27.6. The van der Waals surface area contributed by atoms with Crippen LogP contribution >= 0.6 is 15.6 Å². The second-order valence-electron chi connectivity index (χ2n) is 6.83. The van der Waals surface area contributed by atoms with Crippen LogP contribution in [0.2, 0.25) is 0 Å². The lowest BCUT2D eigenvalue weighted by Gasteiger charge is -2.26. The van der Waals surface area contributed by atoms with Crippen LogP contribution in [0.5, 0.6) is 0 Å². The maximum Gasteiger partial charge on any atom is 0.484 e. The van der Waals surface area contributed by atoms with E-state index in [1.54, 1.807) is 0 Å². The Bertz CT molecular complexity index is 1050. The number of phosphoric ester groups is 1. The third-order valence-electron chi connectivity index (χ3n) is 4.37. The highest BCUT2D eigenvalue weighted by Gasteiger charge is 2.47. The van der Waals surface area contributed by atoms with Gasteiger partial charge in [0.05, 0.1) is 13.2 Å². The quantitative estimate of drug-likeness (QED) is 0.0926. The lowest BCUT2D eigenvalue weighted by molar-refractivity contribution is -0.127. The molecule has 18 nitrogen and oxygen atoms in total. The number of H-pyrrole nitrogens is 1. The number of phosphoric acid groups is 2. The van der Waals surface area contributed by atoms with Crippen molar-refractivity contribution in [1.29, 1.82) is 0 Å². The van der Waals surface area contributed by atoms with Crippen molar-refractivity contribution in [2.45, 2.75) is 42.9 Å². The van der Waals surface area contributed by atoms with E-state index in [1.165, 1.54) is 0 Å². The Labute approximate surface area is 188 Å². The Morgan fingerprint density at radius 3 is 2.38 bits per heavy atom. The Balaban J connectivity index is 2.21. The zero-order chi connectivity index (χ0) is 25.8. The van der Waals surface area contributed by atoms with Gasteiger partial charge in [-0.05, 0) is 0 Å². The van der Waals surface area contributed by atoms with Crippen LogP contribution in [0, 0.1) is 0 Å². The number of nitrogens with one attached hydrogen (secondary N) is 1. The number of aliphatic hydroxyl groups excluding tert-OH is 5. The monoisotopic (exact) mass is 536 g/mol. The van der Waals surface area contributed by atoms with Crippen molar-refractivity contribution in [3.63, 3.8) is 0 Å². The predicted molar refractivity (Wildman–Crippen MR) is 104 cm³/mol. The summed E-state index contributed by atoms with van der Waals surface area (Å²) >= 11 is 0. The van der Waals surface area contributed by atoms with E-state index in [1.807, 2.05) is 4.98 Å². The summed E-state index contributed by atoms with van der Waals surface area (Å²) < 4.78 is 43.1. The maximum absolute atomic E-state index is 12.7. The molecule has 0 bridgehead atoms. The number of nitrogens with zero attached hydrogens (tertiary/aromatic N) is 1. The van der Waals surface area contributed by atoms with Crippen molar-refractivity contribution in [2.75, 3.05) is 13.2 Å². The lowest BCUT2D eigenvalue weighted by atomic mass is 10.1. The number of hydrogen-bond donors (Lipinski definition) is 8. The number of aliphatic hydroxyl groups is 5. The fourth-order valence-corrected chi connectivity index (χ4v) is 4.98. The van der Waals surface area contributed by atoms with Crippen molar-refractivity contribution in [3.8, 4) is 0 Å². The fourth-order valence-electron chi connectivity index (χ4n) is 2.74. The molecule has 1 fully saturated rings. The highest BCUT2D eigenvalue weighted by Crippen LogP contribution is 2.62. The predicted octanol–water partition coefficient (Wildman–Crippen LogP) is -4.31. The van der Waals surface area contributed by atoms with Gasteiger partial charge in [0, 0.05) is 12.3 Å². The van der Waals surface area contributed by atoms with Crippen molar-refractivity contribution in [3.05, 3.63) is 33.1 Å². The maximum atomic E-state index is 12.7. The summed E-state index contributed by atoms with van der Waals surface area (Å²) in [4.78, 5) is 54.1. The van der Waals surface area contributed by atoms with Crippen molar-refractivity contribution in [1.82, 2.24) is 9.55 Å². The van der Waals surface area contributed by atoms with Crippen LogP contribution in [0.4, 0.5) is 0 Å². The molecule has 1 unspecified atom stereocenters. The molecule has 34 heavy (non-hydrogen) atoms. The largest absolute Gasteiger partial charge is 0.484 e. The van der Waals surface area contributed by atoms with Gasteiger partial charge in [0.2, 0.25) is 0 Å². The number of hydrogen-bond acceptors (Lipinski definition) is 14. The summed E-state index contributed by atoms with van der Waals surface area (Å²) in [5.74, 6) is 0. The molecule has 0 radical (unpaired) electrons. The van der Waals surface area contributed by atoms with Gasteiger partial charge >= 0.3 is 21.3 Å². The SMILES string of the molecule is O=C[C@H](OP(=O)(OC[C@H]1O[C@@H](n2ccc(=O)[nH]c2=O)[C@H](O)[C@@H]1O)OP(=O)(O)O)[C@@H](O)[C@H](O)CO. The molecule has 1 aliphatic rings. The average Bonchev–Trinajstić information content (AvgIpc) is 3.02. The number of rotatable bonds is 12. The summed E-state index contributed by atoms with van der Waals surface area (Å²) in [5.41, 5.74) is -1.78. The highest BCUT2D eigenvalue weighted by atomic mass is 31.3. The van der Waals surface area contributed by atoms with Crippen LogP contribution in [-0.4, -0.2) is 101 Å². The highest BCUT2D eigenvalue weighted by molar-refractivity contribution is 7.61. The molecule has 0 aromatic carbocycles. The molecule has 8 atom stereocenters. The Morgan fingerprint density at radius 2 is 1.85 bits per heavy atom. The Kier molecular flexibility index (Phi) is 9.59. The molecular formula is C14H22N2O16P2. The Morgan fingerprint density at radius 1 is 1.21 bits per heavy atom. The van der Waals surface area contributed by atoms with E-state index >= 15 is 0 Å². The molecule has 1 aromatic rings. The van der Waals surface area contributed by atoms with E-state index in [2.05, 4.69) is 8.83 Å². The average molecular weight is 536 g/mol. The number of aromatic amines is 1. The fraction of sp³-hybridized carbons (Fsp3) is 0.643. The summed E-state index contributed by atoms with van der Waals surface area (Å²) in [6.45, 7) is -2.15. The van der Waals surface area contributed by atoms with Crippen LogP contribution < -0.4 is 11.2 Å². The third-order valence-corrected chi connectivity index (χ3v) is 6.99. The van der Waals surface area contributed by atoms with Gasteiger partial charge in [0.1, 0.15) is 30.5 Å². The van der Waals surface area contributed by atoms with E-state index in [0.717, 1.165) is 12.3 Å². The second kappa shape index (κ2) is 11.4. The van der Waals surface area contributed by atoms with Gasteiger partial charge in [-0.1, -0.05) is 0 Å². The van der Waals surface area contributed by atoms with Crippen molar-refractivity contribution < 1.29 is 67.3 Å². The second-order valence-corrected chi connectivity index (χ2v) is 9.82. The van der Waals surface area contributed by atoms with Gasteiger partial charge in [0.25, 0.3) is 5.56 Å². The first-order valence-corrected chi connectivity index (χ1v) is 12.2. The standard InChI is InChI=1S/C14H22N2O16P2/c17-3-6(19)10(21)7(4-18)31-34(28,32-33(25,26)27)29-5-8-11(22)12(23)13(30-8)16-2-1-9(20)15-14(16)24/h1-2,4,6-8,10-13,17,19,21-23H,3,5H2,(H,15,20,24)(H2,25,26,27)/t6-,7+,8-,10+,11-,12-,13-,34?/m1/s1. The molecular weight excluding hydrogens is 514 g/mol. The smallest absolute Gasteiger partial charge is 0.394 e. The number of carbonyl (C=O) groups is 1. The summed E-state index contributed by atoms with van der Waals surface area (Å²) in [6, 6.07) is 0.912. The molecule has 0 amide bonds. The van der Waals surface area contributed by atoms with Crippen molar-refractivity contribution in [2.24, 2.45) is 0 Å². The van der Waals surface area contributed by atoms with Crippen LogP contribution in [0.15, 0.2) is 21.9 Å². The minimum absolute atomic E-state index is 0.230. The van der Waals surface area contributed by atoms with Gasteiger partial charge in [-0.2, -0.15) is 4.31 Å². The number of aromatic nitrogens is 2.